The number of hydrogen-bond donors (Lipinski definition) is 3. The summed E-state index contributed by atoms with van der Waals surface area (Å²) < 4.78 is 9.33. The lowest BCUT2D eigenvalue weighted by Crippen LogP contribution is -2.51. The van der Waals surface area contributed by atoms with Gasteiger partial charge in [0.1, 0.15) is 10.9 Å². The predicted octanol–water partition coefficient (Wildman–Crippen LogP) is 1.92. The van der Waals surface area contributed by atoms with Crippen LogP contribution in [0.15, 0.2) is 0 Å². The van der Waals surface area contributed by atoms with E-state index >= 15 is 0 Å². The molecule has 30 heavy (non-hydrogen) atoms. The molecule has 0 aliphatic heterocycles. The third kappa shape index (κ3) is 6.15. The maximum Gasteiger partial charge on any atom is 0.270 e. The third-order valence-corrected chi connectivity index (χ3v) is 6.10. The SMILES string of the molecule is CCCC(C(=O)NC1CCCC1)N(CCCOCC)C(=O)c1snc(C(N)=O)c1N. The lowest BCUT2D eigenvalue weighted by molar-refractivity contribution is -0.126. The Hall–Kier alpha value is -2.20. The number of primary amides is 1. The van der Waals surface area contributed by atoms with Crippen LogP contribution in [0.4, 0.5) is 5.69 Å². The monoisotopic (exact) mass is 439 g/mol. The molecule has 1 aliphatic carbocycles. The Morgan fingerprint density at radius 2 is 2.00 bits per heavy atom. The van der Waals surface area contributed by atoms with E-state index < -0.39 is 17.9 Å². The van der Waals surface area contributed by atoms with E-state index in [0.717, 1.165) is 43.6 Å². The van der Waals surface area contributed by atoms with Crippen LogP contribution < -0.4 is 16.8 Å². The molecule has 1 unspecified atom stereocenters. The van der Waals surface area contributed by atoms with E-state index in [1.165, 1.54) is 0 Å². The number of aromatic nitrogens is 1. The summed E-state index contributed by atoms with van der Waals surface area (Å²) in [4.78, 5) is 39.6. The van der Waals surface area contributed by atoms with Gasteiger partial charge in [0.2, 0.25) is 5.91 Å². The highest BCUT2D eigenvalue weighted by atomic mass is 32.1. The van der Waals surface area contributed by atoms with E-state index in [1.807, 2.05) is 13.8 Å². The molecule has 1 fully saturated rings. The van der Waals surface area contributed by atoms with E-state index in [2.05, 4.69) is 9.69 Å². The summed E-state index contributed by atoms with van der Waals surface area (Å²) in [5.41, 5.74) is 11.1. The number of hydrogen-bond acceptors (Lipinski definition) is 7. The molecule has 10 heteroatoms. The first-order chi connectivity index (χ1) is 14.4. The summed E-state index contributed by atoms with van der Waals surface area (Å²) in [6.07, 6.45) is 5.99. The number of nitrogens with two attached hydrogens (primary N) is 2. The normalized spacial score (nSPS) is 15.1. The standard InChI is InChI=1S/C20H33N5O4S/c1-3-8-14(19(27)23-13-9-5-6-10-13)25(11-7-12-29-4-2)20(28)17-15(21)16(18(22)26)24-30-17/h13-14H,3-12,21H2,1-2H3,(H2,22,26)(H,23,27). The molecule has 0 saturated heterocycles. The molecule has 1 saturated carbocycles. The molecule has 9 nitrogen and oxygen atoms in total. The smallest absolute Gasteiger partial charge is 0.270 e. The number of anilines is 1. The van der Waals surface area contributed by atoms with Crippen molar-refractivity contribution in [2.24, 2.45) is 5.73 Å². The first kappa shape index (κ1) is 24.1. The number of nitrogens with one attached hydrogen (secondary N) is 1. The van der Waals surface area contributed by atoms with Crippen LogP contribution in [0.2, 0.25) is 0 Å². The fourth-order valence-corrected chi connectivity index (χ4v) is 4.47. The van der Waals surface area contributed by atoms with Crippen molar-refractivity contribution in [3.8, 4) is 0 Å². The van der Waals surface area contributed by atoms with Crippen LogP contribution >= 0.6 is 11.5 Å². The lowest BCUT2D eigenvalue weighted by atomic mass is 10.1. The fraction of sp³-hybridized carbons (Fsp3) is 0.700. The second-order valence-electron chi connectivity index (χ2n) is 7.48. The Balaban J connectivity index is 2.26. The van der Waals surface area contributed by atoms with Crippen molar-refractivity contribution in [2.75, 3.05) is 25.5 Å². The van der Waals surface area contributed by atoms with Crippen molar-refractivity contribution in [1.29, 1.82) is 0 Å². The van der Waals surface area contributed by atoms with E-state index in [0.29, 0.717) is 32.6 Å². The third-order valence-electron chi connectivity index (χ3n) is 5.25. The highest BCUT2D eigenvalue weighted by Gasteiger charge is 2.34. The van der Waals surface area contributed by atoms with Crippen molar-refractivity contribution in [1.82, 2.24) is 14.6 Å². The second kappa shape index (κ2) is 11.8. The number of carbonyl (C=O) groups excluding carboxylic acids is 3. The number of nitrogens with zero attached hydrogens (tertiary/aromatic N) is 2. The van der Waals surface area contributed by atoms with Gasteiger partial charge in [-0.2, -0.15) is 4.37 Å². The topological polar surface area (TPSA) is 141 Å². The van der Waals surface area contributed by atoms with Crippen LogP contribution in [0, 0.1) is 0 Å². The number of rotatable bonds is 12. The van der Waals surface area contributed by atoms with Gasteiger partial charge in [-0.1, -0.05) is 26.2 Å². The average molecular weight is 440 g/mol. The predicted molar refractivity (Wildman–Crippen MR) is 116 cm³/mol. The van der Waals surface area contributed by atoms with E-state index in [1.54, 1.807) is 4.90 Å². The van der Waals surface area contributed by atoms with Crippen LogP contribution in [0.5, 0.6) is 0 Å². The summed E-state index contributed by atoms with van der Waals surface area (Å²) in [6, 6.07) is -0.463. The second-order valence-corrected chi connectivity index (χ2v) is 8.26. The first-order valence-corrected chi connectivity index (χ1v) is 11.4. The Morgan fingerprint density at radius 3 is 2.57 bits per heavy atom. The quantitative estimate of drug-likeness (QED) is 0.425. The molecule has 1 atom stereocenters. The Bertz CT molecular complexity index is 733. The summed E-state index contributed by atoms with van der Waals surface area (Å²) in [5, 5.41) is 3.11. The lowest BCUT2D eigenvalue weighted by Gasteiger charge is -2.31. The summed E-state index contributed by atoms with van der Waals surface area (Å²) >= 11 is 0.835. The number of nitrogen functional groups attached to an aromatic ring is 1. The molecule has 0 spiro atoms. The van der Waals surface area contributed by atoms with Crippen molar-refractivity contribution in [2.45, 2.75) is 70.9 Å². The summed E-state index contributed by atoms with van der Waals surface area (Å²) in [7, 11) is 0. The average Bonchev–Trinajstić information content (AvgIpc) is 3.35. The van der Waals surface area contributed by atoms with Crippen molar-refractivity contribution in [3.05, 3.63) is 10.6 Å². The summed E-state index contributed by atoms with van der Waals surface area (Å²) in [5.74, 6) is -1.34. The van der Waals surface area contributed by atoms with E-state index in [9.17, 15) is 14.4 Å². The molecule has 0 bridgehead atoms. The molecular formula is C20H33N5O4S. The van der Waals surface area contributed by atoms with Crippen molar-refractivity contribution in [3.63, 3.8) is 0 Å². The van der Waals surface area contributed by atoms with Crippen LogP contribution in [-0.2, 0) is 9.53 Å². The van der Waals surface area contributed by atoms with Gasteiger partial charge < -0.3 is 26.4 Å². The zero-order valence-electron chi connectivity index (χ0n) is 17.8. The molecule has 168 valence electrons. The molecule has 1 aromatic rings. The van der Waals surface area contributed by atoms with Crippen molar-refractivity contribution < 1.29 is 19.1 Å². The van der Waals surface area contributed by atoms with Crippen LogP contribution in [0.25, 0.3) is 0 Å². The zero-order chi connectivity index (χ0) is 22.1. The summed E-state index contributed by atoms with van der Waals surface area (Å²) in [6.45, 7) is 5.28. The minimum absolute atomic E-state index is 0.0289. The van der Waals surface area contributed by atoms with Crippen molar-refractivity contribution >= 4 is 34.9 Å². The molecule has 3 amide bonds. The van der Waals surface area contributed by atoms with E-state index in [-0.39, 0.29) is 28.2 Å². The van der Waals surface area contributed by atoms with Crippen LogP contribution in [-0.4, -0.2) is 58.8 Å². The Morgan fingerprint density at radius 1 is 1.30 bits per heavy atom. The Kier molecular flexibility index (Phi) is 9.51. The zero-order valence-corrected chi connectivity index (χ0v) is 18.6. The van der Waals surface area contributed by atoms with Crippen LogP contribution in [0.1, 0.15) is 79.0 Å². The highest BCUT2D eigenvalue weighted by molar-refractivity contribution is 7.09. The van der Waals surface area contributed by atoms with Gasteiger partial charge >= 0.3 is 0 Å². The Labute approximate surface area is 181 Å². The number of ether oxygens (including phenoxy) is 1. The largest absolute Gasteiger partial charge is 0.395 e. The maximum absolute atomic E-state index is 13.4. The maximum atomic E-state index is 13.4. The molecule has 0 radical (unpaired) electrons. The highest BCUT2D eigenvalue weighted by Crippen LogP contribution is 2.25. The van der Waals surface area contributed by atoms with Gasteiger partial charge in [0.05, 0.1) is 5.69 Å². The molecule has 0 aromatic carbocycles. The van der Waals surface area contributed by atoms with Gasteiger partial charge in [-0.05, 0) is 44.1 Å². The molecular weight excluding hydrogens is 406 g/mol. The minimum Gasteiger partial charge on any atom is -0.395 e. The van der Waals surface area contributed by atoms with Gasteiger partial charge in [-0.15, -0.1) is 0 Å². The van der Waals surface area contributed by atoms with Crippen LogP contribution in [0.3, 0.4) is 0 Å². The van der Waals surface area contributed by atoms with E-state index in [4.69, 9.17) is 16.2 Å². The molecule has 1 aliphatic rings. The van der Waals surface area contributed by atoms with Gasteiger partial charge in [0.15, 0.2) is 5.69 Å². The van der Waals surface area contributed by atoms with Gasteiger partial charge in [-0.25, -0.2) is 0 Å². The number of carbonyl (C=O) groups is 3. The molecule has 1 aromatic heterocycles. The van der Waals surface area contributed by atoms with Gasteiger partial charge in [0, 0.05) is 25.8 Å². The minimum atomic E-state index is -0.783. The van der Waals surface area contributed by atoms with Gasteiger partial charge in [-0.3, -0.25) is 14.4 Å². The first-order valence-electron chi connectivity index (χ1n) is 10.6. The number of amides is 3. The molecule has 5 N–H and O–H groups in total. The molecule has 1 heterocycles. The molecule has 2 rings (SSSR count). The van der Waals surface area contributed by atoms with Gasteiger partial charge in [0.25, 0.3) is 11.8 Å². The fourth-order valence-electron chi connectivity index (χ4n) is 3.71.